The first-order valence-electron chi connectivity index (χ1n) is 8.85. The summed E-state index contributed by atoms with van der Waals surface area (Å²) in [5.74, 6) is 0.349. The molecule has 1 aliphatic rings. The van der Waals surface area contributed by atoms with Gasteiger partial charge in [-0.2, -0.15) is 0 Å². The first kappa shape index (κ1) is 19.1. The van der Waals surface area contributed by atoms with Crippen LogP contribution in [-0.4, -0.2) is 56.3 Å². The van der Waals surface area contributed by atoms with E-state index in [4.69, 9.17) is 17.0 Å². The first-order valence-corrected chi connectivity index (χ1v) is 9.26. The van der Waals surface area contributed by atoms with Gasteiger partial charge >= 0.3 is 0 Å². The Morgan fingerprint density at radius 3 is 2.44 bits per heavy atom. The molecule has 1 heterocycles. The van der Waals surface area contributed by atoms with Crippen LogP contribution in [0.4, 0.5) is 11.4 Å². The van der Waals surface area contributed by atoms with E-state index in [-0.39, 0.29) is 11.0 Å². The largest absolute Gasteiger partial charge is 0.497 e. The van der Waals surface area contributed by atoms with Crippen LogP contribution in [0.1, 0.15) is 10.4 Å². The van der Waals surface area contributed by atoms with Gasteiger partial charge in [0.05, 0.1) is 7.11 Å². The second kappa shape index (κ2) is 8.83. The maximum absolute atomic E-state index is 12.3. The number of ether oxygens (including phenoxy) is 1. The summed E-state index contributed by atoms with van der Waals surface area (Å²) in [5, 5.41) is 6.00. The number of carbonyl (C=O) groups is 1. The minimum atomic E-state index is -0.277. The highest BCUT2D eigenvalue weighted by Gasteiger charge is 2.14. The van der Waals surface area contributed by atoms with Crippen molar-refractivity contribution in [3.8, 4) is 5.75 Å². The Balaban J connectivity index is 1.55. The van der Waals surface area contributed by atoms with E-state index in [2.05, 4.69) is 39.6 Å². The van der Waals surface area contributed by atoms with Crippen molar-refractivity contribution in [3.63, 3.8) is 0 Å². The quantitative estimate of drug-likeness (QED) is 0.791. The monoisotopic (exact) mass is 384 g/mol. The summed E-state index contributed by atoms with van der Waals surface area (Å²) in [4.78, 5) is 17.0. The third kappa shape index (κ3) is 5.18. The lowest BCUT2D eigenvalue weighted by atomic mass is 10.2. The number of likely N-dealkylation sites (N-methyl/N-ethyl adjacent to an activating group) is 1. The van der Waals surface area contributed by atoms with Crippen molar-refractivity contribution in [2.45, 2.75) is 0 Å². The molecule has 1 saturated heterocycles. The number of nitrogens with zero attached hydrogens (tertiary/aromatic N) is 2. The summed E-state index contributed by atoms with van der Waals surface area (Å²) in [5.41, 5.74) is 2.52. The Kier molecular flexibility index (Phi) is 6.26. The molecule has 3 rings (SSSR count). The van der Waals surface area contributed by atoms with Crippen LogP contribution >= 0.6 is 12.2 Å². The molecule has 0 unspecified atom stereocenters. The summed E-state index contributed by atoms with van der Waals surface area (Å²) in [6, 6.07) is 15.0. The van der Waals surface area contributed by atoms with Crippen LogP contribution in [0.15, 0.2) is 48.5 Å². The smallest absolute Gasteiger partial charge is 0.257 e. The van der Waals surface area contributed by atoms with Crippen LogP contribution in [0.5, 0.6) is 5.75 Å². The number of thiocarbonyl (C=S) groups is 1. The molecular formula is C20H24N4O2S. The molecule has 2 N–H and O–H groups in total. The standard InChI is InChI=1S/C20H24N4O2S/c1-23-10-12-24(13-11-23)17-8-6-16(7-9-17)21-20(27)22-19(25)15-4-3-5-18(14-15)26-2/h3-9,14H,10-13H2,1-2H3,(H2,21,22,25,27). The van der Waals surface area contributed by atoms with Gasteiger partial charge in [0.1, 0.15) is 5.75 Å². The van der Waals surface area contributed by atoms with Gasteiger partial charge in [0.25, 0.3) is 5.91 Å². The average molecular weight is 385 g/mol. The summed E-state index contributed by atoms with van der Waals surface area (Å²) in [6.45, 7) is 4.19. The van der Waals surface area contributed by atoms with E-state index in [0.29, 0.717) is 11.3 Å². The topological polar surface area (TPSA) is 56.8 Å². The predicted molar refractivity (Wildman–Crippen MR) is 113 cm³/mol. The lowest BCUT2D eigenvalue weighted by Gasteiger charge is -2.34. The molecule has 2 aromatic carbocycles. The van der Waals surface area contributed by atoms with Gasteiger partial charge in [-0.15, -0.1) is 0 Å². The number of nitrogens with one attached hydrogen (secondary N) is 2. The maximum Gasteiger partial charge on any atom is 0.257 e. The zero-order chi connectivity index (χ0) is 19.2. The molecule has 0 aliphatic carbocycles. The van der Waals surface area contributed by atoms with E-state index in [9.17, 15) is 4.79 Å². The normalized spacial score (nSPS) is 14.5. The van der Waals surface area contributed by atoms with E-state index < -0.39 is 0 Å². The first-order chi connectivity index (χ1) is 13.0. The fourth-order valence-electron chi connectivity index (χ4n) is 2.92. The Morgan fingerprint density at radius 2 is 1.78 bits per heavy atom. The van der Waals surface area contributed by atoms with Crippen LogP contribution < -0.4 is 20.3 Å². The number of hydrogen-bond acceptors (Lipinski definition) is 5. The van der Waals surface area contributed by atoms with E-state index >= 15 is 0 Å². The molecule has 7 heteroatoms. The van der Waals surface area contributed by atoms with Gasteiger partial charge in [0.15, 0.2) is 5.11 Å². The van der Waals surface area contributed by atoms with Crippen LogP contribution in [-0.2, 0) is 0 Å². The van der Waals surface area contributed by atoms with Gasteiger partial charge in [-0.3, -0.25) is 10.1 Å². The number of methoxy groups -OCH3 is 1. The molecule has 1 fully saturated rings. The number of hydrogen-bond donors (Lipinski definition) is 2. The molecule has 0 saturated carbocycles. The number of anilines is 2. The highest BCUT2D eigenvalue weighted by atomic mass is 32.1. The van der Waals surface area contributed by atoms with Crippen LogP contribution in [0.25, 0.3) is 0 Å². The fourth-order valence-corrected chi connectivity index (χ4v) is 3.13. The number of amides is 1. The van der Waals surface area contributed by atoms with Crippen LogP contribution in [0.3, 0.4) is 0 Å². The van der Waals surface area contributed by atoms with Crippen LogP contribution in [0.2, 0.25) is 0 Å². The van der Waals surface area contributed by atoms with Gasteiger partial charge in [0, 0.05) is 43.1 Å². The summed E-state index contributed by atoms with van der Waals surface area (Å²) < 4.78 is 5.14. The fraction of sp³-hybridized carbons (Fsp3) is 0.300. The summed E-state index contributed by atoms with van der Waals surface area (Å²) in [6.07, 6.45) is 0. The van der Waals surface area contributed by atoms with Gasteiger partial charge in [0.2, 0.25) is 0 Å². The molecular weight excluding hydrogens is 360 g/mol. The van der Waals surface area contributed by atoms with Gasteiger partial charge in [-0.25, -0.2) is 0 Å². The lowest BCUT2D eigenvalue weighted by Crippen LogP contribution is -2.44. The van der Waals surface area contributed by atoms with Crippen molar-refractivity contribution in [2.75, 3.05) is 50.6 Å². The molecule has 6 nitrogen and oxygen atoms in total. The molecule has 0 bridgehead atoms. The van der Waals surface area contributed by atoms with Crippen LogP contribution in [0, 0.1) is 0 Å². The van der Waals surface area contributed by atoms with Crippen molar-refractivity contribution >= 4 is 34.6 Å². The lowest BCUT2D eigenvalue weighted by molar-refractivity contribution is 0.0977. The number of benzene rings is 2. The van der Waals surface area contributed by atoms with Crippen molar-refractivity contribution < 1.29 is 9.53 Å². The molecule has 0 spiro atoms. The average Bonchev–Trinajstić information content (AvgIpc) is 2.69. The maximum atomic E-state index is 12.3. The zero-order valence-corrected chi connectivity index (χ0v) is 16.4. The molecule has 0 radical (unpaired) electrons. The third-order valence-electron chi connectivity index (χ3n) is 4.55. The Morgan fingerprint density at radius 1 is 1.07 bits per heavy atom. The molecule has 0 aromatic heterocycles. The molecule has 2 aromatic rings. The van der Waals surface area contributed by atoms with Crippen molar-refractivity contribution in [2.24, 2.45) is 0 Å². The van der Waals surface area contributed by atoms with E-state index in [1.54, 1.807) is 31.4 Å². The highest BCUT2D eigenvalue weighted by molar-refractivity contribution is 7.80. The molecule has 142 valence electrons. The molecule has 1 aliphatic heterocycles. The van der Waals surface area contributed by atoms with Crippen molar-refractivity contribution in [1.82, 2.24) is 10.2 Å². The molecule has 1 amide bonds. The van der Waals surface area contributed by atoms with Gasteiger partial charge in [-0.05, 0) is 61.7 Å². The second-order valence-electron chi connectivity index (χ2n) is 6.48. The van der Waals surface area contributed by atoms with E-state index in [1.807, 2.05) is 12.1 Å². The van der Waals surface area contributed by atoms with Gasteiger partial charge in [-0.1, -0.05) is 6.07 Å². The summed E-state index contributed by atoms with van der Waals surface area (Å²) >= 11 is 5.25. The second-order valence-corrected chi connectivity index (χ2v) is 6.89. The molecule has 0 atom stereocenters. The zero-order valence-electron chi connectivity index (χ0n) is 15.6. The number of piperazine rings is 1. The van der Waals surface area contributed by atoms with E-state index in [0.717, 1.165) is 31.9 Å². The van der Waals surface area contributed by atoms with E-state index in [1.165, 1.54) is 5.69 Å². The Labute approximate surface area is 165 Å². The predicted octanol–water partition coefficient (Wildman–Crippen LogP) is 2.57. The minimum absolute atomic E-state index is 0.259. The SMILES string of the molecule is COc1cccc(C(=O)NC(=S)Nc2ccc(N3CCN(C)CC3)cc2)c1. The van der Waals surface area contributed by atoms with Crippen molar-refractivity contribution in [3.05, 3.63) is 54.1 Å². The minimum Gasteiger partial charge on any atom is -0.497 e. The third-order valence-corrected chi connectivity index (χ3v) is 4.76. The Hall–Kier alpha value is -2.64. The van der Waals surface area contributed by atoms with Crippen molar-refractivity contribution in [1.29, 1.82) is 0 Å². The Bertz CT molecular complexity index is 802. The molecule has 27 heavy (non-hydrogen) atoms. The van der Waals surface area contributed by atoms with Gasteiger partial charge < -0.3 is 19.9 Å². The number of carbonyl (C=O) groups excluding carboxylic acids is 1. The highest BCUT2D eigenvalue weighted by Crippen LogP contribution is 2.19. The summed E-state index contributed by atoms with van der Waals surface area (Å²) in [7, 11) is 3.71. The number of rotatable bonds is 4.